The second kappa shape index (κ2) is 4.08. The zero-order chi connectivity index (χ0) is 11.7. The molecule has 0 spiro atoms. The van der Waals surface area contributed by atoms with Crippen LogP contribution in [0.1, 0.15) is 38.3 Å². The van der Waals surface area contributed by atoms with Gasteiger partial charge in [0.15, 0.2) is 0 Å². The van der Waals surface area contributed by atoms with Gasteiger partial charge >= 0.3 is 5.69 Å². The monoisotopic (exact) mass is 222 g/mol. The van der Waals surface area contributed by atoms with E-state index < -0.39 is 4.92 Å². The fraction of sp³-hybridized carbons (Fsp3) is 0.545. The summed E-state index contributed by atoms with van der Waals surface area (Å²) < 4.78 is 5.53. The van der Waals surface area contributed by atoms with Crippen LogP contribution < -0.4 is 4.74 Å². The second-order valence-corrected chi connectivity index (χ2v) is 4.31. The van der Waals surface area contributed by atoms with Crippen LogP contribution in [-0.4, -0.2) is 16.0 Å². The van der Waals surface area contributed by atoms with Gasteiger partial charge in [-0.05, 0) is 18.8 Å². The van der Waals surface area contributed by atoms with E-state index in [1.807, 2.05) is 13.8 Å². The molecule has 0 aromatic carbocycles. The SMILES string of the molecule is CC(C)c1cc(OC2CC2)c([N+](=O)[O-])cn1. The van der Waals surface area contributed by atoms with Gasteiger partial charge in [0, 0.05) is 11.8 Å². The Morgan fingerprint density at radius 3 is 2.75 bits per heavy atom. The first-order valence-electron chi connectivity index (χ1n) is 5.39. The fourth-order valence-corrected chi connectivity index (χ4v) is 1.36. The van der Waals surface area contributed by atoms with Crippen LogP contribution in [0.2, 0.25) is 0 Å². The number of aromatic nitrogens is 1. The summed E-state index contributed by atoms with van der Waals surface area (Å²) in [5.41, 5.74) is 0.776. The molecule has 0 radical (unpaired) electrons. The van der Waals surface area contributed by atoms with Crippen molar-refractivity contribution in [3.05, 3.63) is 28.1 Å². The van der Waals surface area contributed by atoms with Crippen LogP contribution in [0.25, 0.3) is 0 Å². The van der Waals surface area contributed by atoms with Crippen LogP contribution in [-0.2, 0) is 0 Å². The Morgan fingerprint density at radius 1 is 1.56 bits per heavy atom. The largest absolute Gasteiger partial charge is 0.483 e. The van der Waals surface area contributed by atoms with Crippen molar-refractivity contribution in [1.82, 2.24) is 4.98 Å². The van der Waals surface area contributed by atoms with Crippen LogP contribution in [0.15, 0.2) is 12.3 Å². The van der Waals surface area contributed by atoms with Crippen molar-refractivity contribution < 1.29 is 9.66 Å². The topological polar surface area (TPSA) is 65.3 Å². The van der Waals surface area contributed by atoms with Crippen LogP contribution in [0.3, 0.4) is 0 Å². The van der Waals surface area contributed by atoms with E-state index in [1.165, 1.54) is 6.20 Å². The summed E-state index contributed by atoms with van der Waals surface area (Å²) in [6.07, 6.45) is 3.40. The van der Waals surface area contributed by atoms with E-state index in [9.17, 15) is 10.1 Å². The molecule has 5 nitrogen and oxygen atoms in total. The lowest BCUT2D eigenvalue weighted by atomic mass is 10.1. The molecule has 1 aromatic heterocycles. The summed E-state index contributed by atoms with van der Waals surface area (Å²) >= 11 is 0. The molecule has 1 saturated carbocycles. The third-order valence-corrected chi connectivity index (χ3v) is 2.47. The van der Waals surface area contributed by atoms with Crippen molar-refractivity contribution in [2.45, 2.75) is 38.7 Å². The third kappa shape index (κ3) is 2.29. The van der Waals surface area contributed by atoms with Gasteiger partial charge in [-0.25, -0.2) is 0 Å². The maximum absolute atomic E-state index is 10.8. The van der Waals surface area contributed by atoms with Crippen LogP contribution in [0.5, 0.6) is 5.75 Å². The Kier molecular flexibility index (Phi) is 2.77. The standard InChI is InChI=1S/C11H14N2O3/c1-7(2)9-5-11(16-8-3-4-8)10(6-12-9)13(14)15/h5-8H,3-4H2,1-2H3. The number of nitro groups is 1. The fourth-order valence-electron chi connectivity index (χ4n) is 1.36. The summed E-state index contributed by atoms with van der Waals surface area (Å²) in [4.78, 5) is 14.4. The zero-order valence-corrected chi connectivity index (χ0v) is 9.34. The van der Waals surface area contributed by atoms with E-state index in [2.05, 4.69) is 4.98 Å². The molecule has 1 aliphatic carbocycles. The van der Waals surface area contributed by atoms with Crippen molar-refractivity contribution in [1.29, 1.82) is 0 Å². The minimum atomic E-state index is -0.450. The molecule has 1 fully saturated rings. The Bertz CT molecular complexity index is 414. The molecule has 2 rings (SSSR count). The van der Waals surface area contributed by atoms with Crippen molar-refractivity contribution in [3.8, 4) is 5.75 Å². The molecule has 86 valence electrons. The Morgan fingerprint density at radius 2 is 2.25 bits per heavy atom. The van der Waals surface area contributed by atoms with E-state index in [4.69, 9.17) is 4.74 Å². The molecule has 0 atom stereocenters. The first-order chi connectivity index (χ1) is 7.58. The van der Waals surface area contributed by atoms with Crippen LogP contribution in [0, 0.1) is 10.1 Å². The number of ether oxygens (including phenoxy) is 1. The first kappa shape index (κ1) is 10.9. The predicted octanol–water partition coefficient (Wildman–Crippen LogP) is 2.65. The average molecular weight is 222 g/mol. The number of nitrogens with zero attached hydrogens (tertiary/aromatic N) is 2. The summed E-state index contributed by atoms with van der Waals surface area (Å²) in [5, 5.41) is 10.8. The van der Waals surface area contributed by atoms with Gasteiger partial charge in [0.05, 0.1) is 11.0 Å². The first-order valence-corrected chi connectivity index (χ1v) is 5.39. The van der Waals surface area contributed by atoms with Crippen molar-refractivity contribution in [2.75, 3.05) is 0 Å². The van der Waals surface area contributed by atoms with E-state index in [-0.39, 0.29) is 17.7 Å². The Balaban J connectivity index is 2.33. The summed E-state index contributed by atoms with van der Waals surface area (Å²) in [6, 6.07) is 1.68. The molecular weight excluding hydrogens is 208 g/mol. The predicted molar refractivity (Wildman–Crippen MR) is 58.6 cm³/mol. The Hall–Kier alpha value is -1.65. The van der Waals surface area contributed by atoms with Crippen LogP contribution >= 0.6 is 0 Å². The van der Waals surface area contributed by atoms with Gasteiger partial charge < -0.3 is 4.74 Å². The maximum atomic E-state index is 10.8. The number of hydrogen-bond donors (Lipinski definition) is 0. The maximum Gasteiger partial charge on any atom is 0.329 e. The van der Waals surface area contributed by atoms with Crippen LogP contribution in [0.4, 0.5) is 5.69 Å². The van der Waals surface area contributed by atoms with Gasteiger partial charge in [-0.2, -0.15) is 0 Å². The highest BCUT2D eigenvalue weighted by Gasteiger charge is 2.28. The van der Waals surface area contributed by atoms with E-state index in [0.717, 1.165) is 18.5 Å². The molecule has 0 aliphatic heterocycles. The van der Waals surface area contributed by atoms with Gasteiger partial charge in [-0.3, -0.25) is 15.1 Å². The molecule has 0 saturated heterocycles. The molecule has 1 aliphatic rings. The number of hydrogen-bond acceptors (Lipinski definition) is 4. The smallest absolute Gasteiger partial charge is 0.329 e. The molecule has 0 amide bonds. The molecule has 0 bridgehead atoms. The molecule has 1 aromatic rings. The zero-order valence-electron chi connectivity index (χ0n) is 9.34. The highest BCUT2D eigenvalue weighted by Crippen LogP contribution is 2.34. The van der Waals surface area contributed by atoms with Gasteiger partial charge in [0.2, 0.25) is 5.75 Å². The molecule has 5 heteroatoms. The van der Waals surface area contributed by atoms with Gasteiger partial charge in [0.25, 0.3) is 0 Å². The summed E-state index contributed by atoms with van der Waals surface area (Å²) in [7, 11) is 0. The second-order valence-electron chi connectivity index (χ2n) is 4.31. The summed E-state index contributed by atoms with van der Waals surface area (Å²) in [6.45, 7) is 3.99. The lowest BCUT2D eigenvalue weighted by molar-refractivity contribution is -0.386. The van der Waals surface area contributed by atoms with E-state index in [0.29, 0.717) is 5.75 Å². The van der Waals surface area contributed by atoms with Gasteiger partial charge in [-0.15, -0.1) is 0 Å². The molecular formula is C11H14N2O3. The molecule has 0 N–H and O–H groups in total. The van der Waals surface area contributed by atoms with E-state index in [1.54, 1.807) is 6.07 Å². The normalized spacial score (nSPS) is 15.2. The molecule has 1 heterocycles. The molecule has 16 heavy (non-hydrogen) atoms. The minimum Gasteiger partial charge on any atom is -0.483 e. The van der Waals surface area contributed by atoms with E-state index >= 15 is 0 Å². The number of rotatable bonds is 4. The van der Waals surface area contributed by atoms with Gasteiger partial charge in [0.1, 0.15) is 6.20 Å². The lowest BCUT2D eigenvalue weighted by Gasteiger charge is -2.08. The highest BCUT2D eigenvalue weighted by atomic mass is 16.6. The average Bonchev–Trinajstić information content (AvgIpc) is 3.01. The number of pyridine rings is 1. The third-order valence-electron chi connectivity index (χ3n) is 2.47. The van der Waals surface area contributed by atoms with Crippen molar-refractivity contribution >= 4 is 5.69 Å². The quantitative estimate of drug-likeness (QED) is 0.580. The lowest BCUT2D eigenvalue weighted by Crippen LogP contribution is -2.03. The van der Waals surface area contributed by atoms with Crippen molar-refractivity contribution in [2.24, 2.45) is 0 Å². The highest BCUT2D eigenvalue weighted by molar-refractivity contribution is 5.45. The molecule has 0 unspecified atom stereocenters. The van der Waals surface area contributed by atoms with Crippen molar-refractivity contribution in [3.63, 3.8) is 0 Å². The summed E-state index contributed by atoms with van der Waals surface area (Å²) in [5.74, 6) is 0.591. The van der Waals surface area contributed by atoms with Gasteiger partial charge in [-0.1, -0.05) is 13.8 Å². The minimum absolute atomic E-state index is 0.0451. The Labute approximate surface area is 93.6 Å².